The highest BCUT2D eigenvalue weighted by molar-refractivity contribution is 8.53. The molecule has 0 aromatic heterocycles. The van der Waals surface area contributed by atoms with E-state index in [0.29, 0.717) is 24.9 Å². The second kappa shape index (κ2) is 24.0. The lowest BCUT2D eigenvalue weighted by atomic mass is 10.2. The molecule has 0 atom stereocenters. The van der Waals surface area contributed by atoms with Gasteiger partial charge in [-0.3, -0.25) is 18.1 Å². The average molecular weight is 547 g/mol. The Labute approximate surface area is 214 Å². The van der Waals surface area contributed by atoms with Crippen LogP contribution in [0.4, 0.5) is 0 Å². The average Bonchev–Trinajstić information content (AvgIpc) is 2.83. The fraction of sp³-hybridized carbons (Fsp3) is 1.00. The Morgan fingerprint density at radius 1 is 0.471 bits per heavy atom. The first-order valence-corrected chi connectivity index (χ1v) is 18.0. The van der Waals surface area contributed by atoms with Crippen molar-refractivity contribution in [2.24, 2.45) is 0 Å². The summed E-state index contributed by atoms with van der Waals surface area (Å²) in [7, 11) is -3.88. The standard InChI is InChI=1S/C24H52O7P2S/c1-5-9-13-17-21-27-32(25,28-22-18-14-10-6-2)31-34-33(26,29-23-19-15-11-7-3)30-24-20-16-12-8-4/h5-24H2,1-4H3. The molecule has 7 nitrogen and oxygen atoms in total. The number of phosphoric ester groups is 1. The molecule has 34 heavy (non-hydrogen) atoms. The van der Waals surface area contributed by atoms with Crippen LogP contribution in [0, 0.1) is 0 Å². The quantitative estimate of drug-likeness (QED) is 0.0572. The smallest absolute Gasteiger partial charge is 0.299 e. The minimum Gasteiger partial charge on any atom is -0.299 e. The molecular weight excluding hydrogens is 494 g/mol. The van der Waals surface area contributed by atoms with Gasteiger partial charge in [-0.25, -0.2) is 13.1 Å². The highest BCUT2D eigenvalue weighted by atomic mass is 32.7. The summed E-state index contributed by atoms with van der Waals surface area (Å²) in [6, 6.07) is 0. The van der Waals surface area contributed by atoms with Gasteiger partial charge in [-0.2, -0.15) is 0 Å². The summed E-state index contributed by atoms with van der Waals surface area (Å²) in [6.45, 7) is 6.04. The van der Waals surface area contributed by atoms with E-state index in [0.717, 1.165) is 103 Å². The molecule has 0 rings (SSSR count). The maximum absolute atomic E-state index is 13.3. The number of hydrogen-bond donors (Lipinski definition) is 0. The molecule has 0 fully saturated rings. The minimum absolute atomic E-state index is 0.271. The molecule has 0 saturated heterocycles. The maximum Gasteiger partial charge on any atom is 0.486 e. The largest absolute Gasteiger partial charge is 0.486 e. The molecule has 0 aliphatic carbocycles. The van der Waals surface area contributed by atoms with E-state index in [2.05, 4.69) is 27.7 Å². The summed E-state index contributed by atoms with van der Waals surface area (Å²) in [6.07, 6.45) is 15.9. The maximum atomic E-state index is 13.3. The molecule has 0 aliphatic heterocycles. The zero-order chi connectivity index (χ0) is 25.4. The van der Waals surface area contributed by atoms with Crippen LogP contribution in [-0.2, 0) is 31.2 Å². The zero-order valence-electron chi connectivity index (χ0n) is 22.3. The first kappa shape index (κ1) is 34.6. The third kappa shape index (κ3) is 20.8. The summed E-state index contributed by atoms with van der Waals surface area (Å²) in [4.78, 5) is 0. The fourth-order valence-corrected chi connectivity index (χ4v) is 7.88. The van der Waals surface area contributed by atoms with Crippen molar-refractivity contribution >= 4 is 26.3 Å². The van der Waals surface area contributed by atoms with Crippen molar-refractivity contribution in [1.29, 1.82) is 0 Å². The van der Waals surface area contributed by atoms with E-state index < -0.39 is 14.6 Å². The number of unbranched alkanes of at least 4 members (excludes halogenated alkanes) is 12. The highest BCUT2D eigenvalue weighted by Crippen LogP contribution is 2.68. The Bertz CT molecular complexity index is 455. The van der Waals surface area contributed by atoms with Crippen molar-refractivity contribution in [1.82, 2.24) is 0 Å². The van der Waals surface area contributed by atoms with Gasteiger partial charge in [0.15, 0.2) is 0 Å². The Hall–Kier alpha value is 0.610. The van der Waals surface area contributed by atoms with Gasteiger partial charge < -0.3 is 0 Å². The molecule has 0 aliphatic rings. The molecule has 0 bridgehead atoms. The van der Waals surface area contributed by atoms with Gasteiger partial charge >= 0.3 is 14.6 Å². The van der Waals surface area contributed by atoms with Crippen LogP contribution < -0.4 is 0 Å². The minimum atomic E-state index is -3.88. The summed E-state index contributed by atoms with van der Waals surface area (Å²) in [5.41, 5.74) is 0. The molecule has 0 spiro atoms. The van der Waals surface area contributed by atoms with Crippen LogP contribution in [0.25, 0.3) is 0 Å². The molecule has 0 aromatic carbocycles. The van der Waals surface area contributed by atoms with Crippen molar-refractivity contribution in [3.8, 4) is 0 Å². The Kier molecular flexibility index (Phi) is 24.4. The molecular formula is C24H52O7P2S. The Morgan fingerprint density at radius 2 is 0.794 bits per heavy atom. The van der Waals surface area contributed by atoms with Crippen LogP contribution in [0.2, 0.25) is 0 Å². The summed E-state index contributed by atoms with van der Waals surface area (Å²) < 4.78 is 54.4. The van der Waals surface area contributed by atoms with Gasteiger partial charge in [-0.05, 0) is 25.7 Å². The van der Waals surface area contributed by atoms with E-state index in [1.54, 1.807) is 0 Å². The second-order valence-electron chi connectivity index (χ2n) is 8.62. The van der Waals surface area contributed by atoms with Crippen LogP contribution in [0.15, 0.2) is 0 Å². The number of rotatable bonds is 27. The monoisotopic (exact) mass is 546 g/mol. The molecule has 0 unspecified atom stereocenters. The third-order valence-corrected chi connectivity index (χ3v) is 10.2. The van der Waals surface area contributed by atoms with Crippen molar-refractivity contribution < 1.29 is 31.2 Å². The third-order valence-electron chi connectivity index (χ3n) is 5.21. The lowest BCUT2D eigenvalue weighted by molar-refractivity contribution is 0.156. The van der Waals surface area contributed by atoms with Gasteiger partial charge in [-0.1, -0.05) is 105 Å². The fourth-order valence-electron chi connectivity index (χ4n) is 3.06. The van der Waals surface area contributed by atoms with Crippen molar-refractivity contribution in [2.45, 2.75) is 130 Å². The van der Waals surface area contributed by atoms with Crippen molar-refractivity contribution in [3.63, 3.8) is 0 Å². The van der Waals surface area contributed by atoms with E-state index in [1.807, 2.05) is 0 Å². The normalized spacial score (nSPS) is 12.5. The summed E-state index contributed by atoms with van der Waals surface area (Å²) in [5, 5.41) is 0. The van der Waals surface area contributed by atoms with Gasteiger partial charge in [0.25, 0.3) is 0 Å². The molecule has 0 N–H and O–H groups in total. The predicted octanol–water partition coefficient (Wildman–Crippen LogP) is 10.3. The second-order valence-corrected chi connectivity index (χ2v) is 14.0. The lowest BCUT2D eigenvalue weighted by Crippen LogP contribution is -2.02. The lowest BCUT2D eigenvalue weighted by Gasteiger charge is -2.21. The van der Waals surface area contributed by atoms with Gasteiger partial charge in [0.05, 0.1) is 26.4 Å². The van der Waals surface area contributed by atoms with Gasteiger partial charge in [0.2, 0.25) is 0 Å². The highest BCUT2D eigenvalue weighted by Gasteiger charge is 2.36. The van der Waals surface area contributed by atoms with Crippen LogP contribution in [0.1, 0.15) is 130 Å². The molecule has 206 valence electrons. The molecule has 0 saturated carbocycles. The molecule has 0 amide bonds. The Balaban J connectivity index is 4.91. The van der Waals surface area contributed by atoms with E-state index >= 15 is 0 Å². The van der Waals surface area contributed by atoms with E-state index in [4.69, 9.17) is 22.1 Å². The summed E-state index contributed by atoms with van der Waals surface area (Å²) >= 11 is 0.493. The predicted molar refractivity (Wildman–Crippen MR) is 144 cm³/mol. The van der Waals surface area contributed by atoms with Crippen molar-refractivity contribution in [3.05, 3.63) is 0 Å². The van der Waals surface area contributed by atoms with E-state index in [9.17, 15) is 9.13 Å². The topological polar surface area (TPSA) is 80.3 Å². The number of hydrogen-bond acceptors (Lipinski definition) is 8. The van der Waals surface area contributed by atoms with E-state index in [-0.39, 0.29) is 13.2 Å². The zero-order valence-corrected chi connectivity index (χ0v) is 24.9. The van der Waals surface area contributed by atoms with Gasteiger partial charge in [-0.15, -0.1) is 0 Å². The van der Waals surface area contributed by atoms with Crippen LogP contribution in [0.3, 0.4) is 0 Å². The first-order chi connectivity index (χ1) is 16.4. The van der Waals surface area contributed by atoms with E-state index in [1.165, 1.54) is 0 Å². The molecule has 10 heteroatoms. The summed E-state index contributed by atoms with van der Waals surface area (Å²) in [5.74, 6) is 0. The van der Waals surface area contributed by atoms with Gasteiger partial charge in [0.1, 0.15) is 11.7 Å². The molecule has 0 heterocycles. The SMILES string of the molecule is CCCCCCOP(=O)(OCCCCCC)OSP(=O)(OCCCCCC)OCCCCCC. The number of phosphoric acid groups is 1. The van der Waals surface area contributed by atoms with Gasteiger partial charge in [0, 0.05) is 0 Å². The Morgan fingerprint density at radius 3 is 1.12 bits per heavy atom. The first-order valence-electron chi connectivity index (χ1n) is 13.6. The van der Waals surface area contributed by atoms with Crippen LogP contribution in [-0.4, -0.2) is 26.4 Å². The molecule has 0 radical (unpaired) electrons. The van der Waals surface area contributed by atoms with Crippen LogP contribution >= 0.6 is 26.3 Å². The van der Waals surface area contributed by atoms with Crippen LogP contribution in [0.5, 0.6) is 0 Å². The molecule has 0 aromatic rings. The van der Waals surface area contributed by atoms with Crippen molar-refractivity contribution in [2.75, 3.05) is 26.4 Å².